The van der Waals surface area contributed by atoms with Crippen molar-refractivity contribution in [1.82, 2.24) is 4.90 Å². The molecule has 7 nitrogen and oxygen atoms in total. The minimum Gasteiger partial charge on any atom is -0.479 e. The summed E-state index contributed by atoms with van der Waals surface area (Å²) < 4.78 is 11.4. The summed E-state index contributed by atoms with van der Waals surface area (Å²) in [4.78, 5) is 24.5. The van der Waals surface area contributed by atoms with E-state index in [0.717, 1.165) is 5.56 Å². The lowest BCUT2D eigenvalue weighted by Gasteiger charge is -2.26. The average molecular weight is 386 g/mol. The monoisotopic (exact) mass is 386 g/mol. The zero-order chi connectivity index (χ0) is 20.7. The van der Waals surface area contributed by atoms with Gasteiger partial charge in [-0.2, -0.15) is 0 Å². The van der Waals surface area contributed by atoms with Gasteiger partial charge in [0.15, 0.2) is 5.75 Å². The van der Waals surface area contributed by atoms with Gasteiger partial charge in [0.25, 0.3) is 0 Å². The van der Waals surface area contributed by atoms with Gasteiger partial charge in [0.1, 0.15) is 11.7 Å². The maximum Gasteiger partial charge on any atom is 0.410 e. The smallest absolute Gasteiger partial charge is 0.410 e. The molecule has 0 aromatic heterocycles. The number of rotatable bonds is 7. The standard InChI is InChI=1S/C21H26N2O5/c1-21(2,3)28-20(24)22(4)15-14-18(16-10-6-5-7-11-16)27-19-13-9-8-12-17(19)23(25)26/h5-13,18H,14-15H2,1-4H3. The summed E-state index contributed by atoms with van der Waals surface area (Å²) >= 11 is 0. The molecule has 0 saturated heterocycles. The van der Waals surface area contributed by atoms with Gasteiger partial charge >= 0.3 is 11.8 Å². The first kappa shape index (κ1) is 21.2. The lowest BCUT2D eigenvalue weighted by atomic mass is 10.1. The van der Waals surface area contributed by atoms with Crippen molar-refractivity contribution in [2.24, 2.45) is 0 Å². The number of nitro groups is 1. The molecule has 28 heavy (non-hydrogen) atoms. The van der Waals surface area contributed by atoms with Gasteiger partial charge in [-0.05, 0) is 32.4 Å². The second kappa shape index (κ2) is 9.21. The number of nitrogens with zero attached hydrogens (tertiary/aromatic N) is 2. The zero-order valence-corrected chi connectivity index (χ0v) is 16.6. The predicted octanol–water partition coefficient (Wildman–Crippen LogP) is 4.97. The van der Waals surface area contributed by atoms with E-state index in [1.807, 2.05) is 51.1 Å². The van der Waals surface area contributed by atoms with Gasteiger partial charge in [0, 0.05) is 26.1 Å². The van der Waals surface area contributed by atoms with E-state index < -0.39 is 22.7 Å². The van der Waals surface area contributed by atoms with E-state index >= 15 is 0 Å². The predicted molar refractivity (Wildman–Crippen MR) is 106 cm³/mol. The number of carbonyl (C=O) groups is 1. The van der Waals surface area contributed by atoms with Crippen molar-refractivity contribution in [3.8, 4) is 5.75 Å². The van der Waals surface area contributed by atoms with E-state index in [4.69, 9.17) is 9.47 Å². The van der Waals surface area contributed by atoms with Crippen LogP contribution < -0.4 is 4.74 Å². The normalized spacial score (nSPS) is 12.1. The molecule has 150 valence electrons. The second-order valence-corrected chi connectivity index (χ2v) is 7.43. The molecule has 7 heteroatoms. The first-order chi connectivity index (χ1) is 13.2. The molecule has 2 aromatic carbocycles. The molecule has 0 fully saturated rings. The van der Waals surface area contributed by atoms with E-state index in [9.17, 15) is 14.9 Å². The highest BCUT2D eigenvalue weighted by molar-refractivity contribution is 5.67. The summed E-state index contributed by atoms with van der Waals surface area (Å²) in [6, 6.07) is 15.7. The van der Waals surface area contributed by atoms with Crippen molar-refractivity contribution in [2.75, 3.05) is 13.6 Å². The quantitative estimate of drug-likeness (QED) is 0.495. The van der Waals surface area contributed by atoms with E-state index in [1.165, 1.54) is 11.0 Å². The fourth-order valence-corrected chi connectivity index (χ4v) is 2.56. The molecule has 0 heterocycles. The molecule has 1 amide bonds. The van der Waals surface area contributed by atoms with Crippen molar-refractivity contribution >= 4 is 11.8 Å². The Morgan fingerprint density at radius 2 is 1.71 bits per heavy atom. The zero-order valence-electron chi connectivity index (χ0n) is 16.6. The largest absolute Gasteiger partial charge is 0.479 e. The van der Waals surface area contributed by atoms with Crippen molar-refractivity contribution < 1.29 is 19.2 Å². The number of nitro benzene ring substituents is 1. The van der Waals surface area contributed by atoms with Crippen LogP contribution in [0.1, 0.15) is 38.9 Å². The first-order valence-electron chi connectivity index (χ1n) is 9.06. The van der Waals surface area contributed by atoms with Crippen molar-refractivity contribution in [1.29, 1.82) is 0 Å². The summed E-state index contributed by atoms with van der Waals surface area (Å²) in [5, 5.41) is 11.3. The highest BCUT2D eigenvalue weighted by Crippen LogP contribution is 2.32. The Morgan fingerprint density at radius 1 is 1.11 bits per heavy atom. The molecule has 0 aliphatic rings. The molecule has 1 unspecified atom stereocenters. The number of hydrogen-bond donors (Lipinski definition) is 0. The number of ether oxygens (including phenoxy) is 2. The summed E-state index contributed by atoms with van der Waals surface area (Å²) in [7, 11) is 1.65. The number of amides is 1. The second-order valence-electron chi connectivity index (χ2n) is 7.43. The van der Waals surface area contributed by atoms with Gasteiger partial charge in [0.05, 0.1) is 4.92 Å². The Balaban J connectivity index is 2.16. The van der Waals surface area contributed by atoms with Crippen LogP contribution in [0.15, 0.2) is 54.6 Å². The Labute approximate surface area is 165 Å². The SMILES string of the molecule is CN(CCC(Oc1ccccc1[N+](=O)[O-])c1ccccc1)C(=O)OC(C)(C)C. The molecule has 0 saturated carbocycles. The maximum absolute atomic E-state index is 12.2. The minimum absolute atomic E-state index is 0.0936. The maximum atomic E-state index is 12.2. The molecule has 0 aliphatic heterocycles. The molecular formula is C21H26N2O5. The number of para-hydroxylation sites is 2. The fourth-order valence-electron chi connectivity index (χ4n) is 2.56. The fraction of sp³-hybridized carbons (Fsp3) is 0.381. The highest BCUT2D eigenvalue weighted by atomic mass is 16.6. The number of carbonyl (C=O) groups excluding carboxylic acids is 1. The Hall–Kier alpha value is -3.09. The molecule has 1 atom stereocenters. The lowest BCUT2D eigenvalue weighted by Crippen LogP contribution is -2.35. The van der Waals surface area contributed by atoms with Crippen molar-refractivity contribution in [2.45, 2.75) is 38.9 Å². The van der Waals surface area contributed by atoms with Crippen LogP contribution >= 0.6 is 0 Å². The lowest BCUT2D eigenvalue weighted by molar-refractivity contribution is -0.386. The molecule has 2 aromatic rings. The van der Waals surface area contributed by atoms with Crippen molar-refractivity contribution in [3.63, 3.8) is 0 Å². The van der Waals surface area contributed by atoms with Crippen LogP contribution in [0.25, 0.3) is 0 Å². The third-order valence-corrected chi connectivity index (χ3v) is 3.93. The molecule has 2 rings (SSSR count). The van der Waals surface area contributed by atoms with Gasteiger partial charge in [-0.3, -0.25) is 10.1 Å². The van der Waals surface area contributed by atoms with E-state index in [2.05, 4.69) is 0 Å². The molecule has 0 radical (unpaired) electrons. The van der Waals surface area contributed by atoms with E-state index in [1.54, 1.807) is 25.2 Å². The van der Waals surface area contributed by atoms with E-state index in [0.29, 0.717) is 13.0 Å². The topological polar surface area (TPSA) is 81.9 Å². The highest BCUT2D eigenvalue weighted by Gasteiger charge is 2.23. The Bertz CT molecular complexity index is 802. The van der Waals surface area contributed by atoms with Gasteiger partial charge in [0.2, 0.25) is 0 Å². The summed E-state index contributed by atoms with van der Waals surface area (Å²) in [5.41, 5.74) is 0.202. The number of hydrogen-bond acceptors (Lipinski definition) is 5. The number of benzene rings is 2. The summed E-state index contributed by atoms with van der Waals surface area (Å²) in [5.74, 6) is 0.196. The van der Waals surface area contributed by atoms with Crippen LogP contribution in [0.2, 0.25) is 0 Å². The van der Waals surface area contributed by atoms with Crippen LogP contribution in [0.4, 0.5) is 10.5 Å². The average Bonchev–Trinajstić information content (AvgIpc) is 2.64. The van der Waals surface area contributed by atoms with Crippen LogP contribution in [-0.2, 0) is 4.74 Å². The van der Waals surface area contributed by atoms with Crippen LogP contribution in [0, 0.1) is 10.1 Å². The molecule has 0 aliphatic carbocycles. The Morgan fingerprint density at radius 3 is 2.32 bits per heavy atom. The molecule has 0 N–H and O–H groups in total. The third-order valence-electron chi connectivity index (χ3n) is 3.93. The molecular weight excluding hydrogens is 360 g/mol. The van der Waals surface area contributed by atoms with Crippen LogP contribution in [0.3, 0.4) is 0 Å². The third kappa shape index (κ3) is 6.26. The van der Waals surface area contributed by atoms with Gasteiger partial charge in [-0.25, -0.2) is 4.79 Å². The molecule has 0 spiro atoms. The van der Waals surface area contributed by atoms with Gasteiger partial charge in [-0.1, -0.05) is 42.5 Å². The Kier molecular flexibility index (Phi) is 6.98. The molecule has 0 bridgehead atoms. The van der Waals surface area contributed by atoms with Gasteiger partial charge < -0.3 is 14.4 Å². The first-order valence-corrected chi connectivity index (χ1v) is 9.06. The van der Waals surface area contributed by atoms with Gasteiger partial charge in [-0.15, -0.1) is 0 Å². The summed E-state index contributed by atoms with van der Waals surface area (Å²) in [6.45, 7) is 5.80. The van der Waals surface area contributed by atoms with Crippen LogP contribution in [-0.4, -0.2) is 35.1 Å². The van der Waals surface area contributed by atoms with Crippen LogP contribution in [0.5, 0.6) is 5.75 Å². The van der Waals surface area contributed by atoms with Crippen molar-refractivity contribution in [3.05, 3.63) is 70.3 Å². The van der Waals surface area contributed by atoms with E-state index in [-0.39, 0.29) is 11.4 Å². The minimum atomic E-state index is -0.578. The summed E-state index contributed by atoms with van der Waals surface area (Å²) in [6.07, 6.45) is -0.427.